The molecular formula is C20H24N2O. The molecule has 3 heteroatoms. The first kappa shape index (κ1) is 15.5. The van der Waals surface area contributed by atoms with E-state index in [1.807, 2.05) is 24.4 Å². The van der Waals surface area contributed by atoms with E-state index >= 15 is 0 Å². The molecule has 0 fully saturated rings. The second-order valence-electron chi connectivity index (χ2n) is 6.30. The zero-order chi connectivity index (χ0) is 16.2. The Bertz CT molecular complexity index is 679. The average Bonchev–Trinajstić information content (AvgIpc) is 3.03. The quantitative estimate of drug-likeness (QED) is 0.884. The molecule has 3 nitrogen and oxygen atoms in total. The van der Waals surface area contributed by atoms with Gasteiger partial charge in [-0.2, -0.15) is 0 Å². The van der Waals surface area contributed by atoms with E-state index in [4.69, 9.17) is 4.74 Å². The van der Waals surface area contributed by atoms with Crippen LogP contribution < -0.4 is 15.0 Å². The first-order valence-corrected chi connectivity index (χ1v) is 8.13. The van der Waals surface area contributed by atoms with Crippen molar-refractivity contribution in [2.24, 2.45) is 5.92 Å². The largest absolute Gasteiger partial charge is 0.489 e. The summed E-state index contributed by atoms with van der Waals surface area (Å²) in [5.41, 5.74) is 3.62. The molecule has 1 aliphatic heterocycles. The number of rotatable bonds is 5. The van der Waals surface area contributed by atoms with E-state index in [1.165, 1.54) is 16.8 Å². The van der Waals surface area contributed by atoms with Crippen LogP contribution in [0.15, 0.2) is 60.9 Å². The van der Waals surface area contributed by atoms with Gasteiger partial charge in [0.05, 0.1) is 0 Å². The van der Waals surface area contributed by atoms with Gasteiger partial charge in [-0.25, -0.2) is 0 Å². The molecule has 2 aromatic carbocycles. The standard InChI is InChI=1S/C20H24N2O/c1-15(2)20-21-11-12-22(20)19-10-9-18(13-16(19)3)23-14-17-7-5-4-6-8-17/h4-13,15,20-21H,14H2,1-3H3. The molecule has 0 radical (unpaired) electrons. The topological polar surface area (TPSA) is 24.5 Å². The highest BCUT2D eigenvalue weighted by atomic mass is 16.5. The molecule has 0 saturated carbocycles. The SMILES string of the molecule is Cc1cc(OCc2ccccc2)ccc1N1C=CNC1C(C)C. The van der Waals surface area contributed by atoms with Crippen molar-refractivity contribution in [3.63, 3.8) is 0 Å². The lowest BCUT2D eigenvalue weighted by Gasteiger charge is -2.30. The smallest absolute Gasteiger partial charge is 0.120 e. The Morgan fingerprint density at radius 1 is 1.13 bits per heavy atom. The van der Waals surface area contributed by atoms with Crippen molar-refractivity contribution in [2.75, 3.05) is 4.90 Å². The molecule has 0 spiro atoms. The molecule has 3 rings (SSSR count). The molecule has 0 aliphatic carbocycles. The highest BCUT2D eigenvalue weighted by molar-refractivity contribution is 5.59. The monoisotopic (exact) mass is 308 g/mol. The molecule has 1 N–H and O–H groups in total. The maximum absolute atomic E-state index is 5.91. The van der Waals surface area contributed by atoms with Crippen LogP contribution in [0.25, 0.3) is 0 Å². The van der Waals surface area contributed by atoms with Gasteiger partial charge in [0.15, 0.2) is 0 Å². The van der Waals surface area contributed by atoms with Crippen LogP contribution in [-0.4, -0.2) is 6.17 Å². The Morgan fingerprint density at radius 3 is 2.61 bits per heavy atom. The lowest BCUT2D eigenvalue weighted by molar-refractivity contribution is 0.306. The van der Waals surface area contributed by atoms with E-state index in [0.29, 0.717) is 18.7 Å². The fourth-order valence-corrected chi connectivity index (χ4v) is 2.89. The molecule has 23 heavy (non-hydrogen) atoms. The van der Waals surface area contributed by atoms with Crippen LogP contribution in [0.3, 0.4) is 0 Å². The third-order valence-electron chi connectivity index (χ3n) is 4.13. The molecule has 0 aromatic heterocycles. The van der Waals surface area contributed by atoms with Crippen molar-refractivity contribution in [1.29, 1.82) is 0 Å². The summed E-state index contributed by atoms with van der Waals surface area (Å²) in [5, 5.41) is 3.41. The second-order valence-corrected chi connectivity index (χ2v) is 6.30. The van der Waals surface area contributed by atoms with Gasteiger partial charge in [-0.3, -0.25) is 0 Å². The lowest BCUT2D eigenvalue weighted by atomic mass is 10.1. The van der Waals surface area contributed by atoms with E-state index in [9.17, 15) is 0 Å². The van der Waals surface area contributed by atoms with E-state index in [1.54, 1.807) is 0 Å². The van der Waals surface area contributed by atoms with Gasteiger partial charge in [0.1, 0.15) is 18.5 Å². The first-order chi connectivity index (χ1) is 11.1. The summed E-state index contributed by atoms with van der Waals surface area (Å²) in [6.07, 6.45) is 4.44. The number of hydrogen-bond acceptors (Lipinski definition) is 3. The normalized spacial score (nSPS) is 16.7. The van der Waals surface area contributed by atoms with Gasteiger partial charge in [-0.15, -0.1) is 0 Å². The molecule has 1 heterocycles. The number of hydrogen-bond donors (Lipinski definition) is 1. The minimum atomic E-state index is 0.310. The predicted molar refractivity (Wildman–Crippen MR) is 95.3 cm³/mol. The minimum Gasteiger partial charge on any atom is -0.489 e. The predicted octanol–water partition coefficient (Wildman–Crippen LogP) is 4.44. The fraction of sp³-hybridized carbons (Fsp3) is 0.300. The van der Waals surface area contributed by atoms with Crippen LogP contribution in [-0.2, 0) is 6.61 Å². The number of ether oxygens (including phenoxy) is 1. The highest BCUT2D eigenvalue weighted by Crippen LogP contribution is 2.29. The number of aryl methyl sites for hydroxylation is 1. The first-order valence-electron chi connectivity index (χ1n) is 8.13. The summed E-state index contributed by atoms with van der Waals surface area (Å²) >= 11 is 0. The maximum atomic E-state index is 5.91. The molecule has 0 bridgehead atoms. The molecule has 0 amide bonds. The number of nitrogens with zero attached hydrogens (tertiary/aromatic N) is 1. The summed E-state index contributed by atoms with van der Waals surface area (Å²) in [6.45, 7) is 7.18. The fourth-order valence-electron chi connectivity index (χ4n) is 2.89. The Kier molecular flexibility index (Phi) is 4.56. The van der Waals surface area contributed by atoms with Gasteiger partial charge in [-0.05, 0) is 42.2 Å². The molecule has 1 unspecified atom stereocenters. The summed E-state index contributed by atoms with van der Waals surface area (Å²) < 4.78 is 5.91. The van der Waals surface area contributed by atoms with Crippen molar-refractivity contribution in [2.45, 2.75) is 33.5 Å². The maximum Gasteiger partial charge on any atom is 0.120 e. The highest BCUT2D eigenvalue weighted by Gasteiger charge is 2.24. The van der Waals surface area contributed by atoms with E-state index in [2.05, 4.69) is 67.5 Å². The number of nitrogens with one attached hydrogen (secondary N) is 1. The van der Waals surface area contributed by atoms with E-state index in [0.717, 1.165) is 5.75 Å². The van der Waals surface area contributed by atoms with Crippen molar-refractivity contribution in [3.05, 3.63) is 72.1 Å². The lowest BCUT2D eigenvalue weighted by Crippen LogP contribution is -2.40. The Hall–Kier alpha value is -2.42. The van der Waals surface area contributed by atoms with Crippen LogP contribution in [0.4, 0.5) is 5.69 Å². The van der Waals surface area contributed by atoms with Crippen LogP contribution in [0.1, 0.15) is 25.0 Å². The minimum absolute atomic E-state index is 0.310. The molecule has 120 valence electrons. The van der Waals surface area contributed by atoms with E-state index < -0.39 is 0 Å². The van der Waals surface area contributed by atoms with Crippen LogP contribution >= 0.6 is 0 Å². The third-order valence-corrected chi connectivity index (χ3v) is 4.13. The molecule has 2 aromatic rings. The van der Waals surface area contributed by atoms with Gasteiger partial charge in [-0.1, -0.05) is 44.2 Å². The van der Waals surface area contributed by atoms with Crippen molar-refractivity contribution >= 4 is 5.69 Å². The Morgan fingerprint density at radius 2 is 1.91 bits per heavy atom. The molecule has 1 aliphatic rings. The zero-order valence-electron chi connectivity index (χ0n) is 14.0. The summed E-state index contributed by atoms with van der Waals surface area (Å²) in [7, 11) is 0. The number of anilines is 1. The van der Waals surface area contributed by atoms with Gasteiger partial charge in [0.25, 0.3) is 0 Å². The van der Waals surface area contributed by atoms with Crippen molar-refractivity contribution < 1.29 is 4.74 Å². The third kappa shape index (κ3) is 3.50. The van der Waals surface area contributed by atoms with Crippen LogP contribution in [0, 0.1) is 12.8 Å². The van der Waals surface area contributed by atoms with Gasteiger partial charge < -0.3 is 15.0 Å². The second kappa shape index (κ2) is 6.78. The molecule has 0 saturated heterocycles. The van der Waals surface area contributed by atoms with Crippen LogP contribution in [0.5, 0.6) is 5.75 Å². The van der Waals surface area contributed by atoms with E-state index in [-0.39, 0.29) is 0 Å². The summed E-state index contributed by atoms with van der Waals surface area (Å²) in [4.78, 5) is 2.29. The molecule has 1 atom stereocenters. The van der Waals surface area contributed by atoms with Gasteiger partial charge in [0.2, 0.25) is 0 Å². The van der Waals surface area contributed by atoms with Crippen LogP contribution in [0.2, 0.25) is 0 Å². The Balaban J connectivity index is 1.72. The number of benzene rings is 2. The summed E-state index contributed by atoms with van der Waals surface area (Å²) in [5.74, 6) is 1.44. The van der Waals surface area contributed by atoms with Crippen molar-refractivity contribution in [3.8, 4) is 5.75 Å². The zero-order valence-corrected chi connectivity index (χ0v) is 14.0. The molecular weight excluding hydrogens is 284 g/mol. The summed E-state index contributed by atoms with van der Waals surface area (Å²) in [6, 6.07) is 16.5. The Labute approximate surface area is 138 Å². The van der Waals surface area contributed by atoms with Crippen molar-refractivity contribution in [1.82, 2.24) is 5.32 Å². The van der Waals surface area contributed by atoms with Gasteiger partial charge in [0, 0.05) is 18.1 Å². The average molecular weight is 308 g/mol. The van der Waals surface area contributed by atoms with Gasteiger partial charge >= 0.3 is 0 Å².